The fourth-order valence-corrected chi connectivity index (χ4v) is 1.72. The van der Waals surface area contributed by atoms with E-state index < -0.39 is 0 Å². The number of nitrogens with zero attached hydrogens (tertiary/aromatic N) is 1. The van der Waals surface area contributed by atoms with Crippen molar-refractivity contribution in [2.75, 3.05) is 14.1 Å². The zero-order valence-corrected chi connectivity index (χ0v) is 9.75. The first-order valence-electron chi connectivity index (χ1n) is 5.37. The average molecular weight is 191 g/mol. The van der Waals surface area contributed by atoms with Crippen molar-refractivity contribution >= 4 is 0 Å². The second kappa shape index (κ2) is 5.16. The van der Waals surface area contributed by atoms with Gasteiger partial charge in [0.15, 0.2) is 0 Å². The summed E-state index contributed by atoms with van der Waals surface area (Å²) in [6.45, 7) is 5.59. The summed E-state index contributed by atoms with van der Waals surface area (Å²) >= 11 is 0. The van der Waals surface area contributed by atoms with Gasteiger partial charge in [-0.1, -0.05) is 38.1 Å². The van der Waals surface area contributed by atoms with Crippen molar-refractivity contribution in [3.8, 4) is 0 Å². The van der Waals surface area contributed by atoms with Crippen molar-refractivity contribution < 1.29 is 0 Å². The molecule has 1 heteroatoms. The van der Waals surface area contributed by atoms with Crippen LogP contribution >= 0.6 is 0 Å². The normalized spacial score (nSPS) is 13.2. The lowest BCUT2D eigenvalue weighted by Gasteiger charge is -2.17. The van der Waals surface area contributed by atoms with E-state index in [2.05, 4.69) is 57.1 Å². The smallest absolute Gasteiger partial charge is 0.0230 e. The largest absolute Gasteiger partial charge is 0.305 e. The van der Waals surface area contributed by atoms with Gasteiger partial charge in [-0.2, -0.15) is 0 Å². The summed E-state index contributed by atoms with van der Waals surface area (Å²) in [5, 5.41) is 0. The lowest BCUT2D eigenvalue weighted by Crippen LogP contribution is -2.13. The molecule has 0 amide bonds. The Balaban J connectivity index is 2.91. The molecule has 0 bridgehead atoms. The highest BCUT2D eigenvalue weighted by molar-refractivity contribution is 5.29. The Labute approximate surface area is 87.7 Å². The van der Waals surface area contributed by atoms with Crippen molar-refractivity contribution in [3.63, 3.8) is 0 Å². The van der Waals surface area contributed by atoms with Crippen molar-refractivity contribution in [2.45, 2.75) is 32.7 Å². The molecule has 0 saturated carbocycles. The van der Waals surface area contributed by atoms with Gasteiger partial charge in [-0.3, -0.25) is 0 Å². The van der Waals surface area contributed by atoms with E-state index in [0.717, 1.165) is 6.54 Å². The minimum Gasteiger partial charge on any atom is -0.305 e. The number of hydrogen-bond donors (Lipinski definition) is 0. The van der Waals surface area contributed by atoms with Gasteiger partial charge in [-0.15, -0.1) is 0 Å². The summed E-state index contributed by atoms with van der Waals surface area (Å²) in [7, 11) is 4.24. The highest BCUT2D eigenvalue weighted by atomic mass is 15.0. The zero-order valence-electron chi connectivity index (χ0n) is 9.75. The maximum absolute atomic E-state index is 2.30. The van der Waals surface area contributed by atoms with Crippen molar-refractivity contribution in [1.82, 2.24) is 4.90 Å². The van der Waals surface area contributed by atoms with E-state index in [1.165, 1.54) is 17.5 Å². The van der Waals surface area contributed by atoms with Gasteiger partial charge in [0.1, 0.15) is 0 Å². The molecule has 78 valence electrons. The van der Waals surface area contributed by atoms with Gasteiger partial charge in [0.05, 0.1) is 0 Å². The van der Waals surface area contributed by atoms with Crippen molar-refractivity contribution in [2.24, 2.45) is 0 Å². The molecule has 0 aromatic heterocycles. The third-order valence-electron chi connectivity index (χ3n) is 2.68. The monoisotopic (exact) mass is 191 g/mol. The van der Waals surface area contributed by atoms with Gasteiger partial charge in [0.2, 0.25) is 0 Å². The molecule has 0 fully saturated rings. The number of hydrogen-bond acceptors (Lipinski definition) is 1. The van der Waals surface area contributed by atoms with Crippen molar-refractivity contribution in [1.29, 1.82) is 0 Å². The molecule has 1 aromatic carbocycles. The molecule has 0 heterocycles. The van der Waals surface area contributed by atoms with Crippen molar-refractivity contribution in [3.05, 3.63) is 35.4 Å². The first-order valence-corrected chi connectivity index (χ1v) is 5.37. The molecule has 0 radical (unpaired) electrons. The summed E-state index contributed by atoms with van der Waals surface area (Å²) in [6.07, 6.45) is 1.21. The van der Waals surface area contributed by atoms with Crippen LogP contribution in [0, 0.1) is 0 Å². The highest BCUT2D eigenvalue weighted by Crippen LogP contribution is 2.23. The van der Waals surface area contributed by atoms with Crippen LogP contribution < -0.4 is 0 Å². The molecule has 0 aliphatic heterocycles. The predicted molar refractivity (Wildman–Crippen MR) is 62.5 cm³/mol. The molecule has 1 unspecified atom stereocenters. The topological polar surface area (TPSA) is 3.24 Å². The Bertz CT molecular complexity index is 278. The molecule has 0 N–H and O–H groups in total. The number of rotatable bonds is 4. The minimum atomic E-state index is 0.672. The first kappa shape index (κ1) is 11.3. The van der Waals surface area contributed by atoms with Gasteiger partial charge in [0.25, 0.3) is 0 Å². The molecule has 0 aliphatic rings. The molecular formula is C13H21N. The van der Waals surface area contributed by atoms with E-state index in [1.54, 1.807) is 0 Å². The lowest BCUT2D eigenvalue weighted by molar-refractivity contribution is 0.399. The SMILES string of the molecule is CCC(C)c1ccccc1CN(C)C. The Morgan fingerprint density at radius 1 is 1.21 bits per heavy atom. The fraction of sp³-hybridized carbons (Fsp3) is 0.538. The van der Waals surface area contributed by atoms with E-state index in [1.807, 2.05) is 0 Å². The third kappa shape index (κ3) is 2.85. The molecule has 1 nitrogen and oxygen atoms in total. The standard InChI is InChI=1S/C13H21N/c1-5-11(2)13-9-7-6-8-12(13)10-14(3)4/h6-9,11H,5,10H2,1-4H3. The first-order chi connectivity index (χ1) is 6.65. The number of benzene rings is 1. The van der Waals surface area contributed by atoms with E-state index >= 15 is 0 Å². The van der Waals surface area contributed by atoms with Gasteiger partial charge < -0.3 is 4.90 Å². The summed E-state index contributed by atoms with van der Waals surface area (Å²) in [5.74, 6) is 0.672. The Morgan fingerprint density at radius 2 is 1.86 bits per heavy atom. The Hall–Kier alpha value is -0.820. The van der Waals surface area contributed by atoms with E-state index in [9.17, 15) is 0 Å². The van der Waals surface area contributed by atoms with Crippen LogP contribution in [0.5, 0.6) is 0 Å². The van der Waals surface area contributed by atoms with E-state index in [4.69, 9.17) is 0 Å². The minimum absolute atomic E-state index is 0.672. The molecule has 1 atom stereocenters. The highest BCUT2D eigenvalue weighted by Gasteiger charge is 2.08. The van der Waals surface area contributed by atoms with Crippen LogP contribution in [-0.2, 0) is 6.54 Å². The lowest BCUT2D eigenvalue weighted by atomic mass is 9.93. The molecule has 1 rings (SSSR count). The van der Waals surface area contributed by atoms with Crippen LogP contribution in [0.2, 0.25) is 0 Å². The van der Waals surface area contributed by atoms with Crippen LogP contribution in [0.25, 0.3) is 0 Å². The molecule has 0 spiro atoms. The molecule has 0 saturated heterocycles. The second-order valence-electron chi connectivity index (χ2n) is 4.25. The Kier molecular flexibility index (Phi) is 4.15. The van der Waals surface area contributed by atoms with Crippen LogP contribution in [-0.4, -0.2) is 19.0 Å². The molecular weight excluding hydrogens is 170 g/mol. The zero-order chi connectivity index (χ0) is 10.6. The van der Waals surface area contributed by atoms with Crippen LogP contribution in [0.1, 0.15) is 37.3 Å². The Morgan fingerprint density at radius 3 is 2.43 bits per heavy atom. The summed E-state index contributed by atoms with van der Waals surface area (Å²) < 4.78 is 0. The van der Waals surface area contributed by atoms with Crippen LogP contribution in [0.4, 0.5) is 0 Å². The van der Waals surface area contributed by atoms with E-state index in [0.29, 0.717) is 5.92 Å². The maximum Gasteiger partial charge on any atom is 0.0230 e. The molecule has 1 aromatic rings. The summed E-state index contributed by atoms with van der Waals surface area (Å²) in [4.78, 5) is 2.22. The summed E-state index contributed by atoms with van der Waals surface area (Å²) in [5.41, 5.74) is 2.97. The van der Waals surface area contributed by atoms with Gasteiger partial charge in [-0.25, -0.2) is 0 Å². The second-order valence-corrected chi connectivity index (χ2v) is 4.25. The maximum atomic E-state index is 2.30. The predicted octanol–water partition coefficient (Wildman–Crippen LogP) is 3.26. The fourth-order valence-electron chi connectivity index (χ4n) is 1.72. The van der Waals surface area contributed by atoms with Gasteiger partial charge >= 0.3 is 0 Å². The van der Waals surface area contributed by atoms with Gasteiger partial charge in [0, 0.05) is 6.54 Å². The molecule has 14 heavy (non-hydrogen) atoms. The summed E-state index contributed by atoms with van der Waals surface area (Å²) in [6, 6.07) is 8.76. The van der Waals surface area contributed by atoms with Gasteiger partial charge in [-0.05, 0) is 37.6 Å². The van der Waals surface area contributed by atoms with E-state index in [-0.39, 0.29) is 0 Å². The molecule has 0 aliphatic carbocycles. The third-order valence-corrected chi connectivity index (χ3v) is 2.68. The van der Waals surface area contributed by atoms with Crippen LogP contribution in [0.3, 0.4) is 0 Å². The average Bonchev–Trinajstić information content (AvgIpc) is 2.16. The quantitative estimate of drug-likeness (QED) is 0.706. The van der Waals surface area contributed by atoms with Crippen LogP contribution in [0.15, 0.2) is 24.3 Å².